The van der Waals surface area contributed by atoms with Crippen LogP contribution in [0.1, 0.15) is 82.2 Å². The van der Waals surface area contributed by atoms with E-state index < -0.39 is 5.60 Å². The van der Waals surface area contributed by atoms with Gasteiger partial charge in [-0.05, 0) is 68.7 Å². The molecule has 2 amide bonds. The number of benzene rings is 1. The van der Waals surface area contributed by atoms with Crippen molar-refractivity contribution < 1.29 is 14.3 Å². The van der Waals surface area contributed by atoms with Gasteiger partial charge in [-0.15, -0.1) is 10.2 Å². The average molecular weight is 561 g/mol. The number of ether oxygens (including phenoxy) is 1. The van der Waals surface area contributed by atoms with E-state index in [1.165, 1.54) is 5.56 Å². The molecule has 9 nitrogen and oxygen atoms in total. The van der Waals surface area contributed by atoms with Gasteiger partial charge in [0.1, 0.15) is 11.3 Å². The Balaban J connectivity index is 1.54. The molecule has 0 unspecified atom stereocenters. The molecule has 0 radical (unpaired) electrons. The Morgan fingerprint density at radius 1 is 1.02 bits per heavy atom. The molecule has 0 aliphatic carbocycles. The normalized spacial score (nSPS) is 16.0. The average Bonchev–Trinajstić information content (AvgIpc) is 3.35. The first-order chi connectivity index (χ1) is 19.4. The van der Waals surface area contributed by atoms with Crippen molar-refractivity contribution in [1.29, 1.82) is 0 Å². The number of hydrogen-bond acceptors (Lipinski definition) is 6. The van der Waals surface area contributed by atoms with Crippen molar-refractivity contribution in [2.24, 2.45) is 11.8 Å². The van der Waals surface area contributed by atoms with Crippen LogP contribution in [-0.4, -0.2) is 73.5 Å². The number of carbonyl (C=O) groups excluding carboxylic acids is 2. The molecule has 220 valence electrons. The van der Waals surface area contributed by atoms with Gasteiger partial charge in [-0.25, -0.2) is 4.79 Å². The predicted molar refractivity (Wildman–Crippen MR) is 159 cm³/mol. The molecule has 1 atom stereocenters. The zero-order valence-electron chi connectivity index (χ0n) is 25.5. The molecule has 1 aliphatic heterocycles. The summed E-state index contributed by atoms with van der Waals surface area (Å²) in [6, 6.07) is 14.0. The molecular formula is C32H44N6O3. The molecule has 0 bridgehead atoms. The van der Waals surface area contributed by atoms with Crippen LogP contribution < -0.4 is 0 Å². The quantitative estimate of drug-likeness (QED) is 0.375. The van der Waals surface area contributed by atoms with Crippen LogP contribution in [0.2, 0.25) is 0 Å². The van der Waals surface area contributed by atoms with Gasteiger partial charge in [0.15, 0.2) is 5.69 Å². The van der Waals surface area contributed by atoms with Crippen LogP contribution in [-0.2, 0) is 17.6 Å². The lowest BCUT2D eigenvalue weighted by Gasteiger charge is -2.42. The second-order valence-electron chi connectivity index (χ2n) is 12.8. The van der Waals surface area contributed by atoms with Crippen LogP contribution in [0.3, 0.4) is 0 Å². The highest BCUT2D eigenvalue weighted by Gasteiger charge is 2.36. The van der Waals surface area contributed by atoms with Crippen LogP contribution in [0.25, 0.3) is 11.4 Å². The Hall–Kier alpha value is -3.75. The fourth-order valence-electron chi connectivity index (χ4n) is 5.25. The van der Waals surface area contributed by atoms with E-state index in [4.69, 9.17) is 4.74 Å². The highest BCUT2D eigenvalue weighted by molar-refractivity contribution is 5.93. The van der Waals surface area contributed by atoms with Gasteiger partial charge in [-0.3, -0.25) is 9.89 Å². The zero-order valence-corrected chi connectivity index (χ0v) is 25.5. The number of carbonyl (C=O) groups is 2. The lowest BCUT2D eigenvalue weighted by molar-refractivity contribution is -0.00368. The molecule has 0 saturated carbocycles. The monoisotopic (exact) mass is 560 g/mol. The molecule has 4 rings (SSSR count). The predicted octanol–water partition coefficient (Wildman–Crippen LogP) is 5.76. The molecule has 1 aliphatic rings. The molecule has 2 aromatic heterocycles. The largest absolute Gasteiger partial charge is 0.444 e. The van der Waals surface area contributed by atoms with Crippen molar-refractivity contribution in [3.8, 4) is 11.4 Å². The number of aromatic amines is 1. The van der Waals surface area contributed by atoms with Gasteiger partial charge in [0.05, 0.1) is 17.4 Å². The molecule has 41 heavy (non-hydrogen) atoms. The summed E-state index contributed by atoms with van der Waals surface area (Å²) in [6.07, 6.45) is 1.91. The van der Waals surface area contributed by atoms with E-state index >= 15 is 0 Å². The second kappa shape index (κ2) is 12.8. The minimum absolute atomic E-state index is 0.127. The van der Waals surface area contributed by atoms with Crippen LogP contribution in [0.5, 0.6) is 0 Å². The molecule has 1 N–H and O–H groups in total. The maximum atomic E-state index is 13.7. The second-order valence-corrected chi connectivity index (χ2v) is 12.8. The molecule has 1 aromatic carbocycles. The summed E-state index contributed by atoms with van der Waals surface area (Å²) in [5.41, 5.74) is 4.32. The Morgan fingerprint density at radius 2 is 1.76 bits per heavy atom. The summed E-state index contributed by atoms with van der Waals surface area (Å²) in [7, 11) is 0. The van der Waals surface area contributed by atoms with E-state index in [2.05, 4.69) is 60.2 Å². The first kappa shape index (κ1) is 30.2. The fraction of sp³-hybridized carbons (Fsp3) is 0.531. The van der Waals surface area contributed by atoms with Gasteiger partial charge in [0.2, 0.25) is 0 Å². The lowest BCUT2D eigenvalue weighted by atomic mass is 9.98. The van der Waals surface area contributed by atoms with E-state index in [1.807, 2.05) is 51.1 Å². The van der Waals surface area contributed by atoms with Gasteiger partial charge in [-0.1, -0.05) is 58.0 Å². The molecule has 0 spiro atoms. The van der Waals surface area contributed by atoms with E-state index in [-0.39, 0.29) is 18.0 Å². The van der Waals surface area contributed by atoms with Gasteiger partial charge < -0.3 is 14.5 Å². The Kier molecular flexibility index (Phi) is 9.46. The third-order valence-electron chi connectivity index (χ3n) is 6.98. The standard InChI is InChI=1S/C32H44N6O3/c1-21(2)15-24-18-28(35-36-29(24)27-19-25(33-34-27)17-23-11-9-8-10-12-23)30(39)37-13-14-38(26(20-37)16-22(3)4)31(40)41-32(5,6)7/h8-12,18-19,21-22,26H,13-17,20H2,1-7H3,(H,33,34)/t26-/m0/s1/i31+0. The van der Waals surface area contributed by atoms with Gasteiger partial charge in [0, 0.05) is 26.1 Å². The summed E-state index contributed by atoms with van der Waals surface area (Å²) in [5.74, 6) is 0.555. The van der Waals surface area contributed by atoms with Crippen molar-refractivity contribution >= 4 is 12.0 Å². The number of nitrogens with zero attached hydrogens (tertiary/aromatic N) is 5. The van der Waals surface area contributed by atoms with Crippen molar-refractivity contribution in [3.05, 3.63) is 65.0 Å². The summed E-state index contributed by atoms with van der Waals surface area (Å²) in [6.45, 7) is 15.4. The van der Waals surface area contributed by atoms with Gasteiger partial charge in [-0.2, -0.15) is 5.10 Å². The van der Waals surface area contributed by atoms with Crippen LogP contribution in [0.4, 0.5) is 4.79 Å². The maximum absolute atomic E-state index is 13.7. The van der Waals surface area contributed by atoms with E-state index in [0.717, 1.165) is 35.5 Å². The number of amides is 2. The molecule has 1 saturated heterocycles. The first-order valence-corrected chi connectivity index (χ1v) is 14.6. The lowest BCUT2D eigenvalue weighted by Crippen LogP contribution is -2.57. The fourth-order valence-corrected chi connectivity index (χ4v) is 5.25. The van der Waals surface area contributed by atoms with Crippen LogP contribution in [0.15, 0.2) is 42.5 Å². The van der Waals surface area contributed by atoms with Gasteiger partial charge in [0.25, 0.3) is 5.91 Å². The molecular weight excluding hydrogens is 516 g/mol. The zero-order chi connectivity index (χ0) is 29.7. The van der Waals surface area contributed by atoms with Crippen molar-refractivity contribution in [1.82, 2.24) is 30.2 Å². The Morgan fingerprint density at radius 3 is 2.41 bits per heavy atom. The number of rotatable bonds is 8. The van der Waals surface area contributed by atoms with Gasteiger partial charge >= 0.3 is 6.09 Å². The van der Waals surface area contributed by atoms with Crippen molar-refractivity contribution in [2.45, 2.75) is 79.4 Å². The Bertz CT molecular complexity index is 1330. The van der Waals surface area contributed by atoms with Crippen LogP contribution >= 0.6 is 0 Å². The smallest absolute Gasteiger partial charge is 0.410 e. The molecule has 3 aromatic rings. The van der Waals surface area contributed by atoms with Crippen LogP contribution in [0, 0.1) is 11.8 Å². The number of aromatic nitrogens is 4. The highest BCUT2D eigenvalue weighted by Crippen LogP contribution is 2.26. The summed E-state index contributed by atoms with van der Waals surface area (Å²) in [4.78, 5) is 30.2. The molecule has 1 fully saturated rings. The van der Waals surface area contributed by atoms with E-state index in [0.29, 0.717) is 43.6 Å². The summed E-state index contributed by atoms with van der Waals surface area (Å²) in [5, 5.41) is 16.6. The maximum Gasteiger partial charge on any atom is 0.410 e. The van der Waals surface area contributed by atoms with Crippen molar-refractivity contribution in [3.63, 3.8) is 0 Å². The first-order valence-electron chi connectivity index (χ1n) is 14.6. The summed E-state index contributed by atoms with van der Waals surface area (Å²) < 4.78 is 5.67. The van der Waals surface area contributed by atoms with E-state index in [1.54, 1.807) is 9.80 Å². The van der Waals surface area contributed by atoms with Crippen molar-refractivity contribution in [2.75, 3.05) is 19.6 Å². The number of H-pyrrole nitrogens is 1. The topological polar surface area (TPSA) is 104 Å². The highest BCUT2D eigenvalue weighted by atomic mass is 16.6. The molecule has 3 heterocycles. The number of piperazine rings is 1. The van der Waals surface area contributed by atoms with E-state index in [9.17, 15) is 9.59 Å². The minimum Gasteiger partial charge on any atom is -0.444 e. The SMILES string of the molecule is CC(C)Cc1cc(C(=O)N2CCN([12C](=O)OC(C)(C)C)[C@@H](CC(C)C)C2)nnc1-c1cc(Cc2ccccc2)n[nH]1. The minimum atomic E-state index is -0.576. The third-order valence-corrected chi connectivity index (χ3v) is 6.98. The summed E-state index contributed by atoms with van der Waals surface area (Å²) >= 11 is 0. The number of hydrogen-bond donors (Lipinski definition) is 1. The Labute approximate surface area is 243 Å². The number of nitrogens with one attached hydrogen (secondary N) is 1. The molecule has 9 heteroatoms. The third kappa shape index (κ3) is 8.15.